The highest BCUT2D eigenvalue weighted by atomic mass is 79.9. The Hall–Kier alpha value is -2.45. The topological polar surface area (TPSA) is 75.3 Å². The Morgan fingerprint density at radius 3 is 2.90 bits per heavy atom. The maximum absolute atomic E-state index is 12.7. The Balaban J connectivity index is 1.49. The molecule has 0 aliphatic carbocycles. The highest BCUT2D eigenvalue weighted by Crippen LogP contribution is 2.18. The summed E-state index contributed by atoms with van der Waals surface area (Å²) in [7, 11) is 0.197. The lowest BCUT2D eigenvalue weighted by Gasteiger charge is -2.34. The first kappa shape index (κ1) is 19.8. The number of carbonyl (C=O) groups excluding carboxylic acids is 1. The third-order valence-corrected chi connectivity index (χ3v) is 6.85. The molecule has 148 valence electrons. The van der Waals surface area contributed by atoms with Crippen molar-refractivity contribution in [1.82, 2.24) is 14.9 Å². The standard InChI is InChI=1S/C21H20BrN3O3Si/c22-15-9-10-16-17(12-15)23-20(24-19(16)26)29-18-8-4-5-11-25(18)21(27)28-13-14-6-2-1-3-7-14/h1-3,6-7,9-10,12,18H,4-5,8,11,13H2,(H,23,24,26). The van der Waals surface area contributed by atoms with Gasteiger partial charge in [0.25, 0.3) is 5.56 Å². The van der Waals surface area contributed by atoms with Gasteiger partial charge in [0.1, 0.15) is 6.61 Å². The molecule has 1 fully saturated rings. The first-order chi connectivity index (χ1) is 14.1. The van der Waals surface area contributed by atoms with Gasteiger partial charge >= 0.3 is 6.09 Å². The number of aromatic nitrogens is 2. The predicted molar refractivity (Wildman–Crippen MR) is 116 cm³/mol. The SMILES string of the molecule is O=C(OCc1ccccc1)N1CCCCC1[Si]c1nc2cc(Br)ccc2c(=O)[nH]1. The lowest BCUT2D eigenvalue weighted by atomic mass is 10.1. The number of nitrogens with zero attached hydrogens (tertiary/aromatic N) is 2. The molecule has 3 aromatic rings. The molecule has 0 saturated carbocycles. The molecule has 2 radical (unpaired) electrons. The van der Waals surface area contributed by atoms with Gasteiger partial charge in [-0.3, -0.25) is 4.79 Å². The number of benzene rings is 2. The fourth-order valence-electron chi connectivity index (χ4n) is 3.44. The third-order valence-electron chi connectivity index (χ3n) is 4.91. The molecule has 2 heterocycles. The van der Waals surface area contributed by atoms with Crippen LogP contribution in [0.2, 0.25) is 0 Å². The second-order valence-electron chi connectivity index (χ2n) is 6.97. The number of halogens is 1. The van der Waals surface area contributed by atoms with Crippen LogP contribution in [-0.4, -0.2) is 42.7 Å². The molecule has 1 amide bonds. The molecule has 1 atom stereocenters. The molecule has 8 heteroatoms. The van der Waals surface area contributed by atoms with Crippen LogP contribution in [0.1, 0.15) is 24.8 Å². The zero-order valence-corrected chi connectivity index (χ0v) is 18.3. The van der Waals surface area contributed by atoms with E-state index in [1.807, 2.05) is 42.5 Å². The van der Waals surface area contributed by atoms with Crippen LogP contribution >= 0.6 is 15.9 Å². The highest BCUT2D eigenvalue weighted by Gasteiger charge is 2.29. The number of fused-ring (bicyclic) bond motifs is 1. The van der Waals surface area contributed by atoms with E-state index in [1.165, 1.54) is 0 Å². The second-order valence-corrected chi connectivity index (χ2v) is 9.31. The molecule has 1 aliphatic heterocycles. The molecule has 1 saturated heterocycles. The van der Waals surface area contributed by atoms with E-state index in [2.05, 4.69) is 25.9 Å². The van der Waals surface area contributed by atoms with Gasteiger partial charge < -0.3 is 14.6 Å². The van der Waals surface area contributed by atoms with Crippen molar-refractivity contribution in [3.05, 3.63) is 68.9 Å². The molecule has 1 aromatic heterocycles. The fraction of sp³-hybridized carbons (Fsp3) is 0.286. The molecule has 29 heavy (non-hydrogen) atoms. The van der Waals surface area contributed by atoms with Crippen LogP contribution in [0.4, 0.5) is 4.79 Å². The van der Waals surface area contributed by atoms with E-state index in [4.69, 9.17) is 4.74 Å². The quantitative estimate of drug-likeness (QED) is 0.595. The van der Waals surface area contributed by atoms with Crippen molar-refractivity contribution >= 4 is 47.9 Å². The van der Waals surface area contributed by atoms with Crippen LogP contribution in [-0.2, 0) is 11.3 Å². The molecule has 6 nitrogen and oxygen atoms in total. The molecular weight excluding hydrogens is 450 g/mol. The first-order valence-corrected chi connectivity index (χ1v) is 11.4. The van der Waals surface area contributed by atoms with Crippen molar-refractivity contribution in [1.29, 1.82) is 0 Å². The number of amides is 1. The number of likely N-dealkylation sites (tertiary alicyclic amines) is 1. The van der Waals surface area contributed by atoms with Crippen LogP contribution in [0.25, 0.3) is 10.9 Å². The van der Waals surface area contributed by atoms with Crippen molar-refractivity contribution in [2.24, 2.45) is 0 Å². The lowest BCUT2D eigenvalue weighted by Crippen LogP contribution is -2.51. The molecule has 1 aliphatic rings. The van der Waals surface area contributed by atoms with Crippen LogP contribution in [0.5, 0.6) is 0 Å². The highest BCUT2D eigenvalue weighted by molar-refractivity contribution is 9.10. The molecule has 0 bridgehead atoms. The zero-order valence-electron chi connectivity index (χ0n) is 15.7. The average Bonchev–Trinajstić information content (AvgIpc) is 2.73. The number of carbonyl (C=O) groups is 1. The maximum atomic E-state index is 12.7. The molecule has 2 aromatic carbocycles. The van der Waals surface area contributed by atoms with Gasteiger partial charge in [0, 0.05) is 16.7 Å². The summed E-state index contributed by atoms with van der Waals surface area (Å²) in [6, 6.07) is 15.1. The monoisotopic (exact) mass is 469 g/mol. The second kappa shape index (κ2) is 8.92. The van der Waals surface area contributed by atoms with Gasteiger partial charge in [0.2, 0.25) is 0 Å². The fourth-order valence-corrected chi connectivity index (χ4v) is 5.22. The van der Waals surface area contributed by atoms with Gasteiger partial charge in [-0.2, -0.15) is 0 Å². The predicted octanol–water partition coefficient (Wildman–Crippen LogP) is 3.16. The van der Waals surface area contributed by atoms with E-state index in [0.717, 1.165) is 29.3 Å². The number of piperidine rings is 1. The molecule has 1 unspecified atom stereocenters. The van der Waals surface area contributed by atoms with Gasteiger partial charge in [-0.25, -0.2) is 9.78 Å². The Morgan fingerprint density at radius 1 is 1.24 bits per heavy atom. The summed E-state index contributed by atoms with van der Waals surface area (Å²) in [6.45, 7) is 0.916. The number of rotatable bonds is 4. The van der Waals surface area contributed by atoms with Crippen LogP contribution < -0.4 is 11.0 Å². The lowest BCUT2D eigenvalue weighted by molar-refractivity contribution is 0.0826. The van der Waals surface area contributed by atoms with Crippen molar-refractivity contribution in [3.8, 4) is 0 Å². The first-order valence-electron chi connectivity index (χ1n) is 9.53. The summed E-state index contributed by atoms with van der Waals surface area (Å²) < 4.78 is 6.41. The van der Waals surface area contributed by atoms with E-state index >= 15 is 0 Å². The molecular formula is C21H20BrN3O3Si. The molecule has 0 spiro atoms. The van der Waals surface area contributed by atoms with Gasteiger partial charge in [0.15, 0.2) is 9.52 Å². The van der Waals surface area contributed by atoms with Crippen molar-refractivity contribution < 1.29 is 9.53 Å². The number of aromatic amines is 1. The smallest absolute Gasteiger partial charge is 0.410 e. The van der Waals surface area contributed by atoms with Crippen molar-refractivity contribution in [3.63, 3.8) is 0 Å². The zero-order chi connectivity index (χ0) is 20.2. The van der Waals surface area contributed by atoms with Crippen molar-refractivity contribution in [2.75, 3.05) is 6.54 Å². The van der Waals surface area contributed by atoms with Crippen LogP contribution in [0, 0.1) is 0 Å². The Kier molecular flexibility index (Phi) is 6.10. The molecule has 4 rings (SSSR count). The number of nitrogens with one attached hydrogen (secondary N) is 1. The minimum atomic E-state index is -0.308. The van der Waals surface area contributed by atoms with E-state index in [0.29, 0.717) is 22.9 Å². The summed E-state index contributed by atoms with van der Waals surface area (Å²) >= 11 is 3.43. The largest absolute Gasteiger partial charge is 0.445 e. The van der Waals surface area contributed by atoms with E-state index < -0.39 is 0 Å². The summed E-state index contributed by atoms with van der Waals surface area (Å²) in [6.07, 6.45) is 2.57. The van der Waals surface area contributed by atoms with Gasteiger partial charge in [-0.1, -0.05) is 46.3 Å². The average molecular weight is 470 g/mol. The number of hydrogen-bond donors (Lipinski definition) is 1. The Labute approximate surface area is 179 Å². The molecule has 1 N–H and O–H groups in total. The van der Waals surface area contributed by atoms with E-state index in [-0.39, 0.29) is 33.4 Å². The maximum Gasteiger partial charge on any atom is 0.410 e. The summed E-state index contributed by atoms with van der Waals surface area (Å²) in [5, 5.41) is 0.560. The summed E-state index contributed by atoms with van der Waals surface area (Å²) in [5.41, 5.74) is 2.06. The van der Waals surface area contributed by atoms with E-state index in [1.54, 1.807) is 11.0 Å². The minimum absolute atomic E-state index is 0.0141. The van der Waals surface area contributed by atoms with Crippen LogP contribution in [0.15, 0.2) is 57.8 Å². The number of hydrogen-bond acceptors (Lipinski definition) is 4. The number of H-pyrrole nitrogens is 1. The van der Waals surface area contributed by atoms with E-state index in [9.17, 15) is 9.59 Å². The summed E-state index contributed by atoms with van der Waals surface area (Å²) in [5.74, 6) is 0. The van der Waals surface area contributed by atoms with Gasteiger partial charge in [-0.15, -0.1) is 0 Å². The van der Waals surface area contributed by atoms with Gasteiger partial charge in [-0.05, 0) is 43.0 Å². The normalized spacial score (nSPS) is 16.7. The Bertz CT molecular complexity index is 1070. The minimum Gasteiger partial charge on any atom is -0.445 e. The summed E-state index contributed by atoms with van der Waals surface area (Å²) in [4.78, 5) is 34.4. The third kappa shape index (κ3) is 4.76. The Morgan fingerprint density at radius 2 is 2.07 bits per heavy atom. The number of ether oxygens (including phenoxy) is 1. The van der Waals surface area contributed by atoms with Crippen LogP contribution in [0.3, 0.4) is 0 Å². The van der Waals surface area contributed by atoms with Crippen molar-refractivity contribution in [2.45, 2.75) is 31.5 Å². The van der Waals surface area contributed by atoms with Gasteiger partial charge in [0.05, 0.1) is 16.4 Å².